The Balaban J connectivity index is 2.02. The van der Waals surface area contributed by atoms with Crippen LogP contribution in [0.4, 0.5) is 17.1 Å². The van der Waals surface area contributed by atoms with E-state index >= 15 is 0 Å². The molecule has 0 saturated heterocycles. The van der Waals surface area contributed by atoms with Crippen molar-refractivity contribution in [1.29, 1.82) is 0 Å². The second-order valence-corrected chi connectivity index (χ2v) is 6.58. The SMILES string of the molecule is CC(=O)Nc1cccc(NC(=O)CCN(C(C)=O)c2cc(C)cc(C)c2)c1. The van der Waals surface area contributed by atoms with Crippen LogP contribution in [0.1, 0.15) is 31.4 Å². The molecule has 27 heavy (non-hydrogen) atoms. The van der Waals surface area contributed by atoms with Crippen LogP contribution in [0.3, 0.4) is 0 Å². The molecule has 0 spiro atoms. The molecule has 6 nitrogen and oxygen atoms in total. The Kier molecular flexibility index (Phi) is 6.71. The lowest BCUT2D eigenvalue weighted by Gasteiger charge is -2.22. The van der Waals surface area contributed by atoms with Crippen molar-refractivity contribution in [3.05, 3.63) is 53.6 Å². The van der Waals surface area contributed by atoms with Crippen molar-refractivity contribution >= 4 is 34.8 Å². The third kappa shape index (κ3) is 6.26. The van der Waals surface area contributed by atoms with E-state index in [2.05, 4.69) is 10.6 Å². The van der Waals surface area contributed by atoms with Gasteiger partial charge in [0, 0.05) is 43.9 Å². The van der Waals surface area contributed by atoms with Crippen LogP contribution in [0.15, 0.2) is 42.5 Å². The largest absolute Gasteiger partial charge is 0.326 e. The Bertz CT molecular complexity index is 841. The monoisotopic (exact) mass is 367 g/mol. The van der Waals surface area contributed by atoms with Gasteiger partial charge in [-0.1, -0.05) is 12.1 Å². The predicted octanol–water partition coefficient (Wildman–Crippen LogP) is 3.64. The highest BCUT2D eigenvalue weighted by molar-refractivity contribution is 5.95. The number of amides is 3. The lowest BCUT2D eigenvalue weighted by Crippen LogP contribution is -2.32. The number of anilines is 3. The van der Waals surface area contributed by atoms with Crippen molar-refractivity contribution in [1.82, 2.24) is 0 Å². The molecule has 0 saturated carbocycles. The van der Waals surface area contributed by atoms with E-state index in [9.17, 15) is 14.4 Å². The lowest BCUT2D eigenvalue weighted by atomic mass is 10.1. The molecule has 0 aliphatic rings. The van der Waals surface area contributed by atoms with Crippen LogP contribution in [-0.4, -0.2) is 24.3 Å². The third-order valence-electron chi connectivity index (χ3n) is 3.93. The smallest absolute Gasteiger partial charge is 0.226 e. The molecular weight excluding hydrogens is 342 g/mol. The van der Waals surface area contributed by atoms with Gasteiger partial charge in [-0.2, -0.15) is 0 Å². The Labute approximate surface area is 159 Å². The molecule has 0 atom stereocenters. The quantitative estimate of drug-likeness (QED) is 0.818. The molecule has 2 aromatic carbocycles. The van der Waals surface area contributed by atoms with Gasteiger partial charge in [0.15, 0.2) is 0 Å². The highest BCUT2D eigenvalue weighted by Crippen LogP contribution is 2.20. The second-order valence-electron chi connectivity index (χ2n) is 6.58. The summed E-state index contributed by atoms with van der Waals surface area (Å²) in [6.45, 7) is 7.16. The number of nitrogens with one attached hydrogen (secondary N) is 2. The average Bonchev–Trinajstić information content (AvgIpc) is 2.53. The minimum atomic E-state index is -0.203. The predicted molar refractivity (Wildman–Crippen MR) is 108 cm³/mol. The molecule has 0 unspecified atom stereocenters. The fourth-order valence-electron chi connectivity index (χ4n) is 2.89. The summed E-state index contributed by atoms with van der Waals surface area (Å²) >= 11 is 0. The van der Waals surface area contributed by atoms with E-state index in [1.54, 1.807) is 29.2 Å². The van der Waals surface area contributed by atoms with E-state index in [4.69, 9.17) is 0 Å². The summed E-state index contributed by atoms with van der Waals surface area (Å²) in [5, 5.41) is 5.47. The van der Waals surface area contributed by atoms with Gasteiger partial charge in [-0.3, -0.25) is 14.4 Å². The Hall–Kier alpha value is -3.15. The number of carbonyl (C=O) groups is 3. The number of hydrogen-bond acceptors (Lipinski definition) is 3. The van der Waals surface area contributed by atoms with Crippen LogP contribution >= 0.6 is 0 Å². The van der Waals surface area contributed by atoms with E-state index in [0.29, 0.717) is 11.4 Å². The van der Waals surface area contributed by atoms with Gasteiger partial charge in [0.05, 0.1) is 0 Å². The van der Waals surface area contributed by atoms with Gasteiger partial charge < -0.3 is 15.5 Å². The summed E-state index contributed by atoms with van der Waals surface area (Å²) < 4.78 is 0. The standard InChI is InChI=1S/C21H25N3O3/c1-14-10-15(2)12-20(11-14)24(17(4)26)9-8-21(27)23-19-7-5-6-18(13-19)22-16(3)25/h5-7,10-13H,8-9H2,1-4H3,(H,22,25)(H,23,27). The van der Waals surface area contributed by atoms with Gasteiger partial charge in [0.1, 0.15) is 0 Å². The molecule has 2 aromatic rings. The van der Waals surface area contributed by atoms with Gasteiger partial charge >= 0.3 is 0 Å². The lowest BCUT2D eigenvalue weighted by molar-refractivity contribution is -0.117. The molecule has 0 aliphatic heterocycles. The summed E-state index contributed by atoms with van der Waals surface area (Å²) in [6.07, 6.45) is 0.164. The Morgan fingerprint density at radius 2 is 1.48 bits per heavy atom. The first-order valence-corrected chi connectivity index (χ1v) is 8.78. The highest BCUT2D eigenvalue weighted by atomic mass is 16.2. The van der Waals surface area contributed by atoms with E-state index < -0.39 is 0 Å². The van der Waals surface area contributed by atoms with Crippen LogP contribution < -0.4 is 15.5 Å². The zero-order valence-electron chi connectivity index (χ0n) is 16.1. The fourth-order valence-corrected chi connectivity index (χ4v) is 2.89. The van der Waals surface area contributed by atoms with Gasteiger partial charge in [0.25, 0.3) is 0 Å². The molecule has 0 fully saturated rings. The summed E-state index contributed by atoms with van der Waals surface area (Å²) in [4.78, 5) is 37.1. The number of hydrogen-bond donors (Lipinski definition) is 2. The van der Waals surface area contributed by atoms with Crippen LogP contribution in [0.2, 0.25) is 0 Å². The first kappa shape index (κ1) is 20.2. The highest BCUT2D eigenvalue weighted by Gasteiger charge is 2.14. The second kappa shape index (κ2) is 8.98. The zero-order chi connectivity index (χ0) is 20.0. The average molecular weight is 367 g/mol. The van der Waals surface area contributed by atoms with Crippen LogP contribution in [-0.2, 0) is 14.4 Å². The van der Waals surface area contributed by atoms with Crippen LogP contribution in [0, 0.1) is 13.8 Å². The first-order chi connectivity index (χ1) is 12.7. The van der Waals surface area contributed by atoms with Gasteiger partial charge in [-0.15, -0.1) is 0 Å². The normalized spacial score (nSPS) is 10.2. The van der Waals surface area contributed by atoms with Gasteiger partial charge in [0.2, 0.25) is 17.7 Å². The maximum absolute atomic E-state index is 12.3. The summed E-state index contributed by atoms with van der Waals surface area (Å²) in [5.74, 6) is -0.491. The Morgan fingerprint density at radius 3 is 2.04 bits per heavy atom. The van der Waals surface area contributed by atoms with Gasteiger partial charge in [-0.05, 0) is 55.3 Å². The topological polar surface area (TPSA) is 78.5 Å². The summed E-state index contributed by atoms with van der Waals surface area (Å²) in [6, 6.07) is 12.8. The first-order valence-electron chi connectivity index (χ1n) is 8.78. The number of aryl methyl sites for hydroxylation is 2. The summed E-state index contributed by atoms with van der Waals surface area (Å²) in [5.41, 5.74) is 4.12. The molecule has 6 heteroatoms. The van der Waals surface area contributed by atoms with E-state index in [1.165, 1.54) is 13.8 Å². The van der Waals surface area contributed by atoms with E-state index in [1.807, 2.05) is 32.0 Å². The Morgan fingerprint density at radius 1 is 0.889 bits per heavy atom. The fraction of sp³-hybridized carbons (Fsp3) is 0.286. The molecule has 0 aliphatic carbocycles. The van der Waals surface area contributed by atoms with Crippen molar-refractivity contribution < 1.29 is 14.4 Å². The maximum Gasteiger partial charge on any atom is 0.226 e. The number of carbonyl (C=O) groups excluding carboxylic acids is 3. The van der Waals surface area contributed by atoms with Gasteiger partial charge in [-0.25, -0.2) is 0 Å². The van der Waals surface area contributed by atoms with Crippen molar-refractivity contribution in [3.63, 3.8) is 0 Å². The molecule has 142 valence electrons. The van der Waals surface area contributed by atoms with Crippen LogP contribution in [0.25, 0.3) is 0 Å². The number of benzene rings is 2. The molecule has 0 aromatic heterocycles. The molecule has 0 radical (unpaired) electrons. The van der Waals surface area contributed by atoms with Crippen molar-refractivity contribution in [2.45, 2.75) is 34.1 Å². The molecule has 2 rings (SSSR count). The molecule has 2 N–H and O–H groups in total. The van der Waals surface area contributed by atoms with Crippen LogP contribution in [0.5, 0.6) is 0 Å². The van der Waals surface area contributed by atoms with E-state index in [-0.39, 0.29) is 30.7 Å². The minimum absolute atomic E-state index is 0.111. The third-order valence-corrected chi connectivity index (χ3v) is 3.93. The summed E-state index contributed by atoms with van der Waals surface area (Å²) in [7, 11) is 0. The molecule has 0 heterocycles. The maximum atomic E-state index is 12.3. The zero-order valence-corrected chi connectivity index (χ0v) is 16.1. The number of nitrogens with zero attached hydrogens (tertiary/aromatic N) is 1. The molecular formula is C21H25N3O3. The van der Waals surface area contributed by atoms with Crippen molar-refractivity contribution in [2.75, 3.05) is 22.1 Å². The van der Waals surface area contributed by atoms with Crippen molar-refractivity contribution in [2.24, 2.45) is 0 Å². The van der Waals surface area contributed by atoms with E-state index in [0.717, 1.165) is 16.8 Å². The molecule has 0 bridgehead atoms. The number of rotatable bonds is 6. The molecule has 3 amide bonds. The van der Waals surface area contributed by atoms with Crippen molar-refractivity contribution in [3.8, 4) is 0 Å². The minimum Gasteiger partial charge on any atom is -0.326 e.